The third kappa shape index (κ3) is 5.03. The highest BCUT2D eigenvalue weighted by Crippen LogP contribution is 2.28. The molecule has 1 amide bonds. The number of anilines is 1. The molecule has 2 rings (SSSR count). The van der Waals surface area contributed by atoms with Gasteiger partial charge >= 0.3 is 0 Å². The van der Waals surface area contributed by atoms with Crippen molar-refractivity contribution in [2.75, 3.05) is 24.7 Å². The average Bonchev–Trinajstić information content (AvgIpc) is 2.65. The van der Waals surface area contributed by atoms with Crippen molar-refractivity contribution < 1.29 is 18.3 Å². The van der Waals surface area contributed by atoms with E-state index in [1.807, 2.05) is 18.4 Å². The van der Waals surface area contributed by atoms with Gasteiger partial charge in [0.05, 0.1) is 10.6 Å². The maximum absolute atomic E-state index is 12.6. The van der Waals surface area contributed by atoms with Crippen LogP contribution in [0.5, 0.6) is 5.75 Å². The molecular formula is C19H24N2O4S2. The van der Waals surface area contributed by atoms with E-state index in [1.165, 1.54) is 22.5 Å². The number of hydrogen-bond acceptors (Lipinski definition) is 5. The van der Waals surface area contributed by atoms with Gasteiger partial charge in [0.25, 0.3) is 5.91 Å². The van der Waals surface area contributed by atoms with Crippen LogP contribution in [-0.4, -0.2) is 43.1 Å². The first-order valence-corrected chi connectivity index (χ1v) is 11.4. The summed E-state index contributed by atoms with van der Waals surface area (Å²) in [5.74, 6) is 0.243. The first-order chi connectivity index (χ1) is 12.8. The average molecular weight is 409 g/mol. The minimum atomic E-state index is -3.68. The number of rotatable bonds is 8. The summed E-state index contributed by atoms with van der Waals surface area (Å²) < 4.78 is 26.6. The normalized spacial score (nSPS) is 11.6. The highest BCUT2D eigenvalue weighted by molar-refractivity contribution is 7.97. The Labute approximate surface area is 164 Å². The monoisotopic (exact) mass is 408 g/mol. The molecule has 0 fully saturated rings. The number of benzene rings is 2. The number of sulfonamides is 1. The first-order valence-electron chi connectivity index (χ1n) is 8.55. The summed E-state index contributed by atoms with van der Waals surface area (Å²) in [6, 6.07) is 11.0. The molecule has 0 unspecified atom stereocenters. The summed E-state index contributed by atoms with van der Waals surface area (Å²) in [5.41, 5.74) is 1.59. The number of nitrogens with zero attached hydrogens (tertiary/aromatic N) is 1. The van der Waals surface area contributed by atoms with Crippen LogP contribution in [-0.2, 0) is 15.8 Å². The summed E-state index contributed by atoms with van der Waals surface area (Å²) in [4.78, 5) is 12.5. The van der Waals surface area contributed by atoms with E-state index in [1.54, 1.807) is 37.7 Å². The standard InChI is InChI=1S/C19H24N2O4S2/c1-4-21(5-2)27(24,25)16-10-11-18(22)17(12-16)20-19(23)15-8-6-14(7-9-15)13-26-3/h6-12,22H,4-5,13H2,1-3H3,(H,20,23). The summed E-state index contributed by atoms with van der Waals surface area (Å²) in [6.45, 7) is 4.18. The fourth-order valence-corrected chi connectivity index (χ4v) is 4.61. The fourth-order valence-electron chi connectivity index (χ4n) is 2.60. The van der Waals surface area contributed by atoms with Gasteiger partial charge in [0.1, 0.15) is 5.75 Å². The fraction of sp³-hybridized carbons (Fsp3) is 0.316. The van der Waals surface area contributed by atoms with Crippen LogP contribution in [0.25, 0.3) is 0 Å². The molecular weight excluding hydrogens is 384 g/mol. The van der Waals surface area contributed by atoms with E-state index in [9.17, 15) is 18.3 Å². The number of hydrogen-bond donors (Lipinski definition) is 2. The molecule has 0 radical (unpaired) electrons. The van der Waals surface area contributed by atoms with E-state index in [-0.39, 0.29) is 16.3 Å². The molecule has 6 nitrogen and oxygen atoms in total. The Kier molecular flexibility index (Phi) is 7.29. The van der Waals surface area contributed by atoms with Crippen LogP contribution in [0.1, 0.15) is 29.8 Å². The Balaban J connectivity index is 2.27. The molecule has 0 aliphatic rings. The zero-order valence-electron chi connectivity index (χ0n) is 15.6. The second-order valence-electron chi connectivity index (χ2n) is 5.85. The summed E-state index contributed by atoms with van der Waals surface area (Å²) in [7, 11) is -3.68. The van der Waals surface area contributed by atoms with Gasteiger partial charge in [-0.15, -0.1) is 0 Å². The lowest BCUT2D eigenvalue weighted by Gasteiger charge is -2.19. The Morgan fingerprint density at radius 3 is 2.30 bits per heavy atom. The van der Waals surface area contributed by atoms with E-state index in [0.717, 1.165) is 11.3 Å². The number of carbonyl (C=O) groups is 1. The summed E-state index contributed by atoms with van der Waals surface area (Å²) in [5, 5.41) is 12.6. The lowest BCUT2D eigenvalue weighted by molar-refractivity contribution is 0.102. The molecule has 0 aliphatic heterocycles. The van der Waals surface area contributed by atoms with Crippen molar-refractivity contribution in [1.82, 2.24) is 4.31 Å². The molecule has 0 atom stereocenters. The van der Waals surface area contributed by atoms with Gasteiger partial charge in [-0.25, -0.2) is 8.42 Å². The Hall–Kier alpha value is -2.03. The van der Waals surface area contributed by atoms with E-state index < -0.39 is 15.9 Å². The van der Waals surface area contributed by atoms with Crippen LogP contribution < -0.4 is 5.32 Å². The zero-order chi connectivity index (χ0) is 20.0. The number of aromatic hydroxyl groups is 1. The van der Waals surface area contributed by atoms with Crippen molar-refractivity contribution in [3.05, 3.63) is 53.6 Å². The van der Waals surface area contributed by atoms with Gasteiger partial charge in [0.15, 0.2) is 0 Å². The quantitative estimate of drug-likeness (QED) is 0.653. The topological polar surface area (TPSA) is 86.7 Å². The summed E-state index contributed by atoms with van der Waals surface area (Å²) >= 11 is 1.69. The highest BCUT2D eigenvalue weighted by atomic mass is 32.2. The second-order valence-corrected chi connectivity index (χ2v) is 8.66. The Bertz CT molecular complexity index is 892. The van der Waals surface area contributed by atoms with Gasteiger partial charge in [-0.3, -0.25) is 4.79 Å². The van der Waals surface area contributed by atoms with Crippen LogP contribution in [0.2, 0.25) is 0 Å². The van der Waals surface area contributed by atoms with Crippen LogP contribution in [0, 0.1) is 0 Å². The van der Waals surface area contributed by atoms with Crippen LogP contribution in [0.3, 0.4) is 0 Å². The first kappa shape index (κ1) is 21.3. The molecule has 0 saturated carbocycles. The van der Waals surface area contributed by atoms with Crippen LogP contribution in [0.15, 0.2) is 47.4 Å². The molecule has 8 heteroatoms. The smallest absolute Gasteiger partial charge is 0.255 e. The third-order valence-corrected chi connectivity index (χ3v) is 6.75. The van der Waals surface area contributed by atoms with Gasteiger partial charge < -0.3 is 10.4 Å². The molecule has 2 aromatic rings. The molecule has 0 aliphatic carbocycles. The molecule has 2 aromatic carbocycles. The number of nitrogens with one attached hydrogen (secondary N) is 1. The molecule has 0 bridgehead atoms. The molecule has 27 heavy (non-hydrogen) atoms. The minimum Gasteiger partial charge on any atom is -0.506 e. The maximum atomic E-state index is 12.6. The number of thioether (sulfide) groups is 1. The van der Waals surface area contributed by atoms with Gasteiger partial charge in [-0.05, 0) is 42.2 Å². The van der Waals surface area contributed by atoms with Crippen molar-refractivity contribution in [3.8, 4) is 5.75 Å². The van der Waals surface area contributed by atoms with Crippen molar-refractivity contribution in [3.63, 3.8) is 0 Å². The number of carbonyl (C=O) groups excluding carboxylic acids is 1. The van der Waals surface area contributed by atoms with Crippen molar-refractivity contribution in [2.45, 2.75) is 24.5 Å². The SMILES string of the molecule is CCN(CC)S(=O)(=O)c1ccc(O)c(NC(=O)c2ccc(CSC)cc2)c1. The van der Waals surface area contributed by atoms with Gasteiger partial charge in [0, 0.05) is 24.4 Å². The predicted octanol–water partition coefficient (Wildman–Crippen LogP) is 3.54. The van der Waals surface area contributed by atoms with Crippen LogP contribution in [0.4, 0.5) is 5.69 Å². The molecule has 0 aromatic heterocycles. The van der Waals surface area contributed by atoms with Gasteiger partial charge in [-0.2, -0.15) is 16.1 Å². The zero-order valence-corrected chi connectivity index (χ0v) is 17.2. The molecule has 0 spiro atoms. The minimum absolute atomic E-state index is 0.0228. The number of amides is 1. The van der Waals surface area contributed by atoms with E-state index in [2.05, 4.69) is 5.32 Å². The number of phenols is 1. The summed E-state index contributed by atoms with van der Waals surface area (Å²) in [6.07, 6.45) is 2.00. The largest absolute Gasteiger partial charge is 0.506 e. The molecule has 0 heterocycles. The predicted molar refractivity (Wildman–Crippen MR) is 110 cm³/mol. The lowest BCUT2D eigenvalue weighted by atomic mass is 10.1. The maximum Gasteiger partial charge on any atom is 0.255 e. The second kappa shape index (κ2) is 9.25. The molecule has 0 saturated heterocycles. The van der Waals surface area contributed by atoms with Crippen molar-refractivity contribution in [1.29, 1.82) is 0 Å². The molecule has 2 N–H and O–H groups in total. The third-order valence-electron chi connectivity index (χ3n) is 4.09. The number of phenolic OH excluding ortho intramolecular Hbond substituents is 1. The van der Waals surface area contributed by atoms with E-state index >= 15 is 0 Å². The van der Waals surface area contributed by atoms with Crippen molar-refractivity contribution >= 4 is 33.4 Å². The Morgan fingerprint density at radius 1 is 1.11 bits per heavy atom. The lowest BCUT2D eigenvalue weighted by Crippen LogP contribution is -2.30. The van der Waals surface area contributed by atoms with Gasteiger partial charge in [-0.1, -0.05) is 26.0 Å². The Morgan fingerprint density at radius 2 is 1.74 bits per heavy atom. The van der Waals surface area contributed by atoms with E-state index in [4.69, 9.17) is 0 Å². The van der Waals surface area contributed by atoms with Crippen LogP contribution >= 0.6 is 11.8 Å². The molecule has 146 valence electrons. The highest BCUT2D eigenvalue weighted by Gasteiger charge is 2.23. The van der Waals surface area contributed by atoms with E-state index in [0.29, 0.717) is 18.7 Å². The van der Waals surface area contributed by atoms with Gasteiger partial charge in [0.2, 0.25) is 10.0 Å². The van der Waals surface area contributed by atoms with Crippen molar-refractivity contribution in [2.24, 2.45) is 0 Å².